The monoisotopic (exact) mass is 337 g/mol. The first-order valence-electron chi connectivity index (χ1n) is 11.3. The van der Waals surface area contributed by atoms with Gasteiger partial charge in [-0.05, 0) is 25.7 Å². The fourth-order valence-electron chi connectivity index (χ4n) is 4.24. The second-order valence-corrected chi connectivity index (χ2v) is 8.85. The van der Waals surface area contributed by atoms with Gasteiger partial charge in [0, 0.05) is 6.42 Å². The summed E-state index contributed by atoms with van der Waals surface area (Å²) >= 11 is 0. The van der Waals surface area contributed by atoms with Crippen molar-refractivity contribution in [2.45, 2.75) is 122 Å². The van der Waals surface area contributed by atoms with Gasteiger partial charge in [0.15, 0.2) is 0 Å². The van der Waals surface area contributed by atoms with Crippen LogP contribution in [0.4, 0.5) is 0 Å². The molecule has 0 bridgehead atoms. The second-order valence-electron chi connectivity index (χ2n) is 8.85. The summed E-state index contributed by atoms with van der Waals surface area (Å²) in [6.07, 6.45) is 27.2. The molecule has 0 aromatic heterocycles. The SMILES string of the molecule is CCCCCCCCCCCCCCCCC1C[CH]CC[N+]1(C)C. The van der Waals surface area contributed by atoms with E-state index in [1.165, 1.54) is 120 Å². The normalized spacial score (nSPS) is 20.4. The Balaban J connectivity index is 1.79. The van der Waals surface area contributed by atoms with Crippen molar-refractivity contribution in [3.8, 4) is 0 Å². The average molecular weight is 338 g/mol. The van der Waals surface area contributed by atoms with E-state index in [2.05, 4.69) is 27.4 Å². The van der Waals surface area contributed by atoms with Crippen molar-refractivity contribution in [2.24, 2.45) is 0 Å². The Morgan fingerprint density at radius 3 is 1.62 bits per heavy atom. The van der Waals surface area contributed by atoms with Gasteiger partial charge in [-0.15, -0.1) is 0 Å². The molecule has 0 N–H and O–H groups in total. The summed E-state index contributed by atoms with van der Waals surface area (Å²) in [5.74, 6) is 0. The van der Waals surface area contributed by atoms with E-state index in [9.17, 15) is 0 Å². The van der Waals surface area contributed by atoms with Gasteiger partial charge in [0.2, 0.25) is 0 Å². The minimum absolute atomic E-state index is 0.899. The van der Waals surface area contributed by atoms with Gasteiger partial charge >= 0.3 is 0 Å². The quantitative estimate of drug-likeness (QED) is 0.217. The lowest BCUT2D eigenvalue weighted by Crippen LogP contribution is -2.51. The summed E-state index contributed by atoms with van der Waals surface area (Å²) in [4.78, 5) is 0. The molecule has 1 saturated heterocycles. The summed E-state index contributed by atoms with van der Waals surface area (Å²) in [5.41, 5.74) is 0. The number of nitrogens with zero attached hydrogens (tertiary/aromatic N) is 1. The van der Waals surface area contributed by atoms with Gasteiger partial charge in [0.1, 0.15) is 0 Å². The largest absolute Gasteiger partial charge is 0.326 e. The van der Waals surface area contributed by atoms with Crippen LogP contribution in [-0.2, 0) is 0 Å². The zero-order valence-corrected chi connectivity index (χ0v) is 17.3. The molecule has 1 atom stereocenters. The first-order chi connectivity index (χ1) is 11.7. The standard InChI is InChI=1S/C23H47N/c1-4-5-6-7-8-9-10-11-12-13-14-15-16-17-20-23-21-18-19-22-24(23,2)3/h18,23H,4-17,19-22H2,1-3H3/q+1. The molecule has 143 valence electrons. The van der Waals surface area contributed by atoms with Gasteiger partial charge in [-0.1, -0.05) is 90.4 Å². The van der Waals surface area contributed by atoms with Gasteiger partial charge in [-0.3, -0.25) is 0 Å². The molecule has 0 aromatic rings. The Morgan fingerprint density at radius 2 is 1.17 bits per heavy atom. The lowest BCUT2D eigenvalue weighted by molar-refractivity contribution is -0.918. The number of rotatable bonds is 15. The maximum Gasteiger partial charge on any atom is 0.0889 e. The number of hydrogen-bond acceptors (Lipinski definition) is 0. The first-order valence-corrected chi connectivity index (χ1v) is 11.3. The second kappa shape index (κ2) is 14.2. The molecule has 1 rings (SSSR count). The third-order valence-electron chi connectivity index (χ3n) is 6.23. The summed E-state index contributed by atoms with van der Waals surface area (Å²) in [6, 6.07) is 0.899. The number of hydrogen-bond donors (Lipinski definition) is 0. The molecule has 24 heavy (non-hydrogen) atoms. The van der Waals surface area contributed by atoms with Crippen LogP contribution in [0.3, 0.4) is 0 Å². The van der Waals surface area contributed by atoms with E-state index in [1.807, 2.05) is 0 Å². The highest BCUT2D eigenvalue weighted by atomic mass is 15.3. The Bertz CT molecular complexity index is 271. The Morgan fingerprint density at radius 1 is 0.708 bits per heavy atom. The van der Waals surface area contributed by atoms with Crippen molar-refractivity contribution in [2.75, 3.05) is 20.6 Å². The number of piperidine rings is 1. The predicted octanol–water partition coefficient (Wildman–Crippen LogP) is 7.30. The molecule has 0 aromatic carbocycles. The Hall–Kier alpha value is -0.0400. The molecule has 1 radical (unpaired) electrons. The summed E-state index contributed by atoms with van der Waals surface area (Å²) in [5, 5.41) is 0. The van der Waals surface area contributed by atoms with Crippen LogP contribution in [0.5, 0.6) is 0 Å². The molecular weight excluding hydrogens is 290 g/mol. The van der Waals surface area contributed by atoms with Crippen LogP contribution in [0.15, 0.2) is 0 Å². The van der Waals surface area contributed by atoms with Gasteiger partial charge in [0.05, 0.1) is 26.7 Å². The molecule has 0 aliphatic carbocycles. The van der Waals surface area contributed by atoms with Gasteiger partial charge < -0.3 is 4.48 Å². The number of unbranched alkanes of at least 4 members (excludes halogenated alkanes) is 13. The van der Waals surface area contributed by atoms with Crippen LogP contribution in [0.2, 0.25) is 0 Å². The summed E-state index contributed by atoms with van der Waals surface area (Å²) < 4.78 is 1.26. The molecular formula is C23H47N+. The topological polar surface area (TPSA) is 0 Å². The van der Waals surface area contributed by atoms with Crippen LogP contribution >= 0.6 is 0 Å². The van der Waals surface area contributed by atoms with Crippen molar-refractivity contribution in [1.29, 1.82) is 0 Å². The van der Waals surface area contributed by atoms with Crippen LogP contribution in [-0.4, -0.2) is 31.2 Å². The zero-order valence-electron chi connectivity index (χ0n) is 17.3. The molecule has 1 nitrogen and oxygen atoms in total. The third-order valence-corrected chi connectivity index (χ3v) is 6.23. The molecule has 1 aliphatic heterocycles. The van der Waals surface area contributed by atoms with Crippen LogP contribution in [0.1, 0.15) is 116 Å². The average Bonchev–Trinajstić information content (AvgIpc) is 2.56. The maximum atomic E-state index is 2.53. The molecule has 0 amide bonds. The molecule has 1 unspecified atom stereocenters. The molecule has 1 heteroatoms. The summed E-state index contributed by atoms with van der Waals surface area (Å²) in [7, 11) is 4.86. The van der Waals surface area contributed by atoms with Crippen LogP contribution in [0.25, 0.3) is 0 Å². The fourth-order valence-corrected chi connectivity index (χ4v) is 4.24. The van der Waals surface area contributed by atoms with E-state index in [-0.39, 0.29) is 0 Å². The third kappa shape index (κ3) is 10.7. The minimum atomic E-state index is 0.899. The Labute approximate surface area is 154 Å². The van der Waals surface area contributed by atoms with Gasteiger partial charge in [-0.2, -0.15) is 0 Å². The highest BCUT2D eigenvalue weighted by molar-refractivity contribution is 4.76. The first kappa shape index (κ1) is 22.0. The molecule has 1 aliphatic rings. The minimum Gasteiger partial charge on any atom is -0.326 e. The maximum absolute atomic E-state index is 2.53. The lowest BCUT2D eigenvalue weighted by atomic mass is 9.95. The highest BCUT2D eigenvalue weighted by Gasteiger charge is 2.30. The van der Waals surface area contributed by atoms with Crippen molar-refractivity contribution in [3.63, 3.8) is 0 Å². The van der Waals surface area contributed by atoms with Crippen molar-refractivity contribution in [1.82, 2.24) is 0 Å². The van der Waals surface area contributed by atoms with E-state index >= 15 is 0 Å². The fraction of sp³-hybridized carbons (Fsp3) is 0.957. The van der Waals surface area contributed by atoms with E-state index < -0.39 is 0 Å². The molecule has 1 fully saturated rings. The molecule has 1 heterocycles. The van der Waals surface area contributed by atoms with Crippen molar-refractivity contribution >= 4 is 0 Å². The number of quaternary nitrogens is 1. The van der Waals surface area contributed by atoms with E-state index in [1.54, 1.807) is 0 Å². The lowest BCUT2D eigenvalue weighted by Gasteiger charge is -2.41. The van der Waals surface area contributed by atoms with Gasteiger partial charge in [-0.25, -0.2) is 0 Å². The Kier molecular flexibility index (Phi) is 13.0. The number of likely N-dealkylation sites (tertiary alicyclic amines) is 1. The summed E-state index contributed by atoms with van der Waals surface area (Å²) in [6.45, 7) is 3.65. The zero-order chi connectivity index (χ0) is 17.5. The van der Waals surface area contributed by atoms with Crippen molar-refractivity contribution < 1.29 is 4.48 Å². The smallest absolute Gasteiger partial charge is 0.0889 e. The molecule has 0 spiro atoms. The van der Waals surface area contributed by atoms with E-state index in [4.69, 9.17) is 0 Å². The van der Waals surface area contributed by atoms with Gasteiger partial charge in [0.25, 0.3) is 0 Å². The van der Waals surface area contributed by atoms with Crippen molar-refractivity contribution in [3.05, 3.63) is 6.42 Å². The van der Waals surface area contributed by atoms with Crippen LogP contribution < -0.4 is 0 Å². The van der Waals surface area contributed by atoms with E-state index in [0.29, 0.717) is 0 Å². The predicted molar refractivity (Wildman–Crippen MR) is 109 cm³/mol. The molecule has 0 saturated carbocycles. The van der Waals surface area contributed by atoms with E-state index in [0.717, 1.165) is 6.04 Å². The van der Waals surface area contributed by atoms with Crippen LogP contribution in [0, 0.1) is 6.42 Å². The highest BCUT2D eigenvalue weighted by Crippen LogP contribution is 2.25.